The third-order valence-electron chi connectivity index (χ3n) is 6.25. The number of hydrogen-bond donors (Lipinski definition) is 2. The predicted molar refractivity (Wildman–Crippen MR) is 126 cm³/mol. The number of nitrogens with one attached hydrogen (secondary N) is 1. The lowest BCUT2D eigenvalue weighted by Crippen LogP contribution is -2.62. The summed E-state index contributed by atoms with van der Waals surface area (Å²) in [6, 6.07) is 8.80. The average Bonchev–Trinajstić information content (AvgIpc) is 3.38. The molecule has 1 aromatic carbocycles. The first-order valence-corrected chi connectivity index (χ1v) is 11.4. The lowest BCUT2D eigenvalue weighted by molar-refractivity contribution is -0.0237. The minimum atomic E-state index is -1.43. The predicted octanol–water partition coefficient (Wildman–Crippen LogP) is 4.03. The van der Waals surface area contributed by atoms with Crippen molar-refractivity contribution in [1.29, 1.82) is 0 Å². The van der Waals surface area contributed by atoms with Crippen molar-refractivity contribution in [2.24, 2.45) is 0 Å². The van der Waals surface area contributed by atoms with Gasteiger partial charge in [-0.1, -0.05) is 12.1 Å². The highest BCUT2D eigenvalue weighted by Crippen LogP contribution is 2.33. The van der Waals surface area contributed by atoms with Gasteiger partial charge < -0.3 is 19.9 Å². The zero-order valence-electron chi connectivity index (χ0n) is 20.1. The van der Waals surface area contributed by atoms with E-state index in [1.54, 1.807) is 38.1 Å². The van der Waals surface area contributed by atoms with Crippen LogP contribution in [0.25, 0.3) is 22.3 Å². The molecule has 3 heterocycles. The number of rotatable bonds is 7. The van der Waals surface area contributed by atoms with E-state index >= 15 is 0 Å². The van der Waals surface area contributed by atoms with E-state index in [1.165, 1.54) is 13.1 Å². The zero-order chi connectivity index (χ0) is 24.7. The van der Waals surface area contributed by atoms with Crippen molar-refractivity contribution in [3.8, 4) is 17.0 Å². The van der Waals surface area contributed by atoms with Gasteiger partial charge in [0, 0.05) is 31.3 Å². The Balaban J connectivity index is 1.73. The van der Waals surface area contributed by atoms with Crippen molar-refractivity contribution in [2.45, 2.75) is 64.6 Å². The summed E-state index contributed by atoms with van der Waals surface area (Å²) in [6.07, 6.45) is 0.588. The van der Waals surface area contributed by atoms with E-state index in [-0.39, 0.29) is 18.6 Å². The molecule has 1 unspecified atom stereocenters. The molecular weight excluding hydrogens is 439 g/mol. The van der Waals surface area contributed by atoms with Crippen molar-refractivity contribution in [3.05, 3.63) is 42.1 Å². The molecule has 1 amide bonds. The second kappa shape index (κ2) is 8.96. The van der Waals surface area contributed by atoms with Crippen LogP contribution in [0.4, 0.5) is 4.39 Å². The van der Waals surface area contributed by atoms with Crippen LogP contribution in [0.1, 0.15) is 57.4 Å². The van der Waals surface area contributed by atoms with Crippen LogP contribution >= 0.6 is 0 Å². The van der Waals surface area contributed by atoms with Gasteiger partial charge >= 0.3 is 0 Å². The number of nitrogens with zero attached hydrogens (tertiary/aromatic N) is 3. The Morgan fingerprint density at radius 3 is 2.71 bits per heavy atom. The Kier molecular flexibility index (Phi) is 6.35. The summed E-state index contributed by atoms with van der Waals surface area (Å²) in [4.78, 5) is 17.8. The maximum atomic E-state index is 13.3. The van der Waals surface area contributed by atoms with E-state index in [1.807, 2.05) is 24.6 Å². The minimum absolute atomic E-state index is 0.00704. The first-order valence-electron chi connectivity index (χ1n) is 11.4. The SMILES string of the molecule is CC(F)Oc1cccc(-c2nn(C(C)C)c3cc(C(=O)N[C@]4(C(C)(C)O)CCOC4)cnc23)c1. The van der Waals surface area contributed by atoms with Gasteiger partial charge in [-0.05, 0) is 52.3 Å². The molecule has 1 saturated heterocycles. The van der Waals surface area contributed by atoms with Crippen LogP contribution in [0, 0.1) is 0 Å². The van der Waals surface area contributed by atoms with Crippen LogP contribution in [0.2, 0.25) is 0 Å². The Morgan fingerprint density at radius 1 is 1.32 bits per heavy atom. The van der Waals surface area contributed by atoms with Gasteiger partial charge in [0.05, 0.1) is 28.8 Å². The van der Waals surface area contributed by atoms with Crippen LogP contribution in [-0.4, -0.2) is 56.5 Å². The summed E-state index contributed by atoms with van der Waals surface area (Å²) < 4.78 is 25.8. The van der Waals surface area contributed by atoms with E-state index < -0.39 is 17.5 Å². The standard InChI is InChI=1S/C25H31FN4O4/c1-15(2)30-20-12-18(23(31)28-25(24(4,5)32)9-10-33-14-25)13-27-22(20)21(29-30)17-7-6-8-19(11-17)34-16(3)26/h6-8,11-13,15-16,32H,9-10,14H2,1-5H3,(H,28,31)/t16?,25-/m1/s1. The number of halogens is 1. The monoisotopic (exact) mass is 470 g/mol. The molecule has 34 heavy (non-hydrogen) atoms. The quantitative estimate of drug-likeness (QED) is 0.541. The van der Waals surface area contributed by atoms with E-state index in [2.05, 4.69) is 10.3 Å². The molecule has 3 aromatic rings. The highest BCUT2D eigenvalue weighted by Gasteiger charge is 2.48. The topological polar surface area (TPSA) is 98.5 Å². The molecule has 0 spiro atoms. The Hall–Kier alpha value is -3.04. The first kappa shape index (κ1) is 24.1. The van der Waals surface area contributed by atoms with Crippen LogP contribution in [0.3, 0.4) is 0 Å². The molecule has 8 nitrogen and oxygen atoms in total. The lowest BCUT2D eigenvalue weighted by Gasteiger charge is -2.39. The highest BCUT2D eigenvalue weighted by molar-refractivity contribution is 5.99. The maximum Gasteiger partial charge on any atom is 0.253 e. The summed E-state index contributed by atoms with van der Waals surface area (Å²) >= 11 is 0. The van der Waals surface area contributed by atoms with Crippen molar-refractivity contribution in [2.75, 3.05) is 13.2 Å². The third kappa shape index (κ3) is 4.50. The molecule has 2 N–H and O–H groups in total. The number of carbonyl (C=O) groups is 1. The van der Waals surface area contributed by atoms with Crippen molar-refractivity contribution in [1.82, 2.24) is 20.1 Å². The van der Waals surface area contributed by atoms with Crippen molar-refractivity contribution < 1.29 is 23.8 Å². The largest absolute Gasteiger partial charge is 0.461 e. The number of pyridine rings is 1. The van der Waals surface area contributed by atoms with Gasteiger partial charge in [0.15, 0.2) is 0 Å². The van der Waals surface area contributed by atoms with Gasteiger partial charge in [0.2, 0.25) is 6.36 Å². The van der Waals surface area contributed by atoms with Crippen LogP contribution in [0.15, 0.2) is 36.5 Å². The second-order valence-electron chi connectivity index (χ2n) is 9.57. The van der Waals surface area contributed by atoms with Crippen molar-refractivity contribution in [3.63, 3.8) is 0 Å². The molecule has 0 saturated carbocycles. The maximum absolute atomic E-state index is 13.3. The van der Waals surface area contributed by atoms with E-state index in [0.29, 0.717) is 41.1 Å². The smallest absolute Gasteiger partial charge is 0.253 e. The minimum Gasteiger partial charge on any atom is -0.461 e. The molecule has 1 aliphatic rings. The molecule has 0 radical (unpaired) electrons. The number of hydrogen-bond acceptors (Lipinski definition) is 6. The zero-order valence-corrected chi connectivity index (χ0v) is 20.1. The molecule has 1 fully saturated rings. The fourth-order valence-electron chi connectivity index (χ4n) is 4.22. The number of ether oxygens (including phenoxy) is 2. The van der Waals surface area contributed by atoms with Crippen LogP contribution in [-0.2, 0) is 4.74 Å². The number of carbonyl (C=O) groups excluding carboxylic acids is 1. The average molecular weight is 471 g/mol. The molecule has 4 rings (SSSR count). The lowest BCUT2D eigenvalue weighted by atomic mass is 9.81. The molecule has 2 atom stereocenters. The summed E-state index contributed by atoms with van der Waals surface area (Å²) in [6.45, 7) is 9.36. The number of benzene rings is 1. The number of amides is 1. The number of alkyl halides is 1. The summed E-state index contributed by atoms with van der Waals surface area (Å²) in [5, 5.41) is 18.4. The molecule has 2 aromatic heterocycles. The van der Waals surface area contributed by atoms with E-state index in [9.17, 15) is 14.3 Å². The summed E-state index contributed by atoms with van der Waals surface area (Å²) in [5.74, 6) is 0.0545. The fraction of sp³-hybridized carbons (Fsp3) is 0.480. The van der Waals surface area contributed by atoms with Crippen LogP contribution in [0.5, 0.6) is 5.75 Å². The van der Waals surface area contributed by atoms with Gasteiger partial charge in [0.1, 0.15) is 17.0 Å². The fourth-order valence-corrected chi connectivity index (χ4v) is 4.22. The summed E-state index contributed by atoms with van der Waals surface area (Å²) in [5.41, 5.74) is 0.991. The van der Waals surface area contributed by atoms with Gasteiger partial charge in [-0.15, -0.1) is 0 Å². The number of aliphatic hydroxyl groups is 1. The normalized spacial score (nSPS) is 19.5. The number of aromatic nitrogens is 3. The van der Waals surface area contributed by atoms with Crippen LogP contribution < -0.4 is 10.1 Å². The molecular formula is C25H31FN4O4. The molecule has 9 heteroatoms. The third-order valence-corrected chi connectivity index (χ3v) is 6.25. The molecule has 0 aliphatic carbocycles. The Labute approximate surface area is 198 Å². The van der Waals surface area contributed by atoms with Gasteiger partial charge in [-0.25, -0.2) is 4.39 Å². The molecule has 0 bridgehead atoms. The summed E-state index contributed by atoms with van der Waals surface area (Å²) in [7, 11) is 0. The second-order valence-corrected chi connectivity index (χ2v) is 9.57. The van der Waals surface area contributed by atoms with Crippen molar-refractivity contribution >= 4 is 16.9 Å². The van der Waals surface area contributed by atoms with Gasteiger partial charge in [-0.3, -0.25) is 14.5 Å². The van der Waals surface area contributed by atoms with E-state index in [0.717, 1.165) is 5.56 Å². The van der Waals surface area contributed by atoms with Gasteiger partial charge in [-0.2, -0.15) is 5.10 Å². The Bertz CT molecular complexity index is 1190. The van der Waals surface area contributed by atoms with E-state index in [4.69, 9.17) is 14.6 Å². The Morgan fingerprint density at radius 2 is 2.09 bits per heavy atom. The van der Waals surface area contributed by atoms with Gasteiger partial charge in [0.25, 0.3) is 5.91 Å². The highest BCUT2D eigenvalue weighted by atomic mass is 19.1. The number of fused-ring (bicyclic) bond motifs is 1. The molecule has 1 aliphatic heterocycles. The first-order chi connectivity index (χ1) is 16.0. The molecule has 182 valence electrons.